The molecular weight excluding hydrogens is 616 g/mol. The molecule has 0 radical (unpaired) electrons. The summed E-state index contributed by atoms with van der Waals surface area (Å²) in [6.45, 7) is 3.84. The van der Waals surface area contributed by atoms with E-state index in [4.69, 9.17) is 30.5 Å². The summed E-state index contributed by atoms with van der Waals surface area (Å²) in [5.41, 5.74) is 3.34. The molecular formula is C33H35ClN4O6S. The lowest BCUT2D eigenvalue weighted by Gasteiger charge is -2.32. The third-order valence-corrected chi connectivity index (χ3v) is 7.88. The molecule has 3 aromatic carbocycles. The van der Waals surface area contributed by atoms with Gasteiger partial charge in [-0.2, -0.15) is 0 Å². The lowest BCUT2D eigenvalue weighted by atomic mass is 10.0. The summed E-state index contributed by atoms with van der Waals surface area (Å²) in [6.07, 6.45) is 0. The SMILES string of the molecule is COc1ccc(NC(=O)[C@H](c2cc(OC)c(OC)c(OC)c2)N(Cc2ccc(Cl)cc2)C(=O)CSc2nc(C)cc(C)n2)cc1. The standard InChI is InChI=1S/C33H35ClN4O6S/c1-20-15-21(2)36-33(35-20)45-19-29(39)38(18-22-7-9-24(34)10-8-22)30(32(40)37-25-11-13-26(41-3)14-12-25)23-16-27(42-4)31(44-6)28(17-23)43-5/h7-17,30H,18-19H2,1-6H3,(H,37,40)/t30-/m0/s1. The third kappa shape index (κ3) is 8.58. The Morgan fingerprint density at radius 1 is 0.844 bits per heavy atom. The highest BCUT2D eigenvalue weighted by Gasteiger charge is 2.34. The fourth-order valence-electron chi connectivity index (χ4n) is 4.69. The zero-order chi connectivity index (χ0) is 32.5. The van der Waals surface area contributed by atoms with Crippen LogP contribution >= 0.6 is 23.4 Å². The van der Waals surface area contributed by atoms with E-state index >= 15 is 0 Å². The summed E-state index contributed by atoms with van der Waals surface area (Å²) in [6, 6.07) is 18.1. The van der Waals surface area contributed by atoms with Crippen LogP contribution in [0.15, 0.2) is 71.9 Å². The molecule has 0 bridgehead atoms. The average molecular weight is 651 g/mol. The molecule has 0 aliphatic carbocycles. The van der Waals surface area contributed by atoms with Gasteiger partial charge in [0, 0.05) is 28.6 Å². The lowest BCUT2D eigenvalue weighted by Crippen LogP contribution is -2.42. The number of nitrogens with one attached hydrogen (secondary N) is 1. The molecule has 12 heteroatoms. The van der Waals surface area contributed by atoms with Crippen LogP contribution in [0.4, 0.5) is 5.69 Å². The molecule has 0 aliphatic heterocycles. The van der Waals surface area contributed by atoms with Crippen LogP contribution in [-0.2, 0) is 16.1 Å². The molecule has 0 saturated carbocycles. The zero-order valence-electron chi connectivity index (χ0n) is 25.9. The fourth-order valence-corrected chi connectivity index (χ4v) is 5.66. The minimum Gasteiger partial charge on any atom is -0.497 e. The number of rotatable bonds is 13. The maximum absolute atomic E-state index is 14.3. The number of amides is 2. The molecule has 1 atom stereocenters. The van der Waals surface area contributed by atoms with Crippen molar-refractivity contribution in [2.75, 3.05) is 39.5 Å². The van der Waals surface area contributed by atoms with Gasteiger partial charge in [-0.15, -0.1) is 0 Å². The highest BCUT2D eigenvalue weighted by Crippen LogP contribution is 2.41. The van der Waals surface area contributed by atoms with Gasteiger partial charge < -0.3 is 29.2 Å². The smallest absolute Gasteiger partial charge is 0.251 e. The van der Waals surface area contributed by atoms with E-state index in [-0.39, 0.29) is 18.2 Å². The van der Waals surface area contributed by atoms with E-state index in [2.05, 4.69) is 15.3 Å². The Bertz CT molecular complexity index is 1590. The summed E-state index contributed by atoms with van der Waals surface area (Å²) < 4.78 is 22.0. The van der Waals surface area contributed by atoms with Crippen molar-refractivity contribution >= 4 is 40.9 Å². The van der Waals surface area contributed by atoms with Crippen molar-refractivity contribution in [2.24, 2.45) is 0 Å². The number of ether oxygens (including phenoxy) is 4. The number of hydrogen-bond acceptors (Lipinski definition) is 9. The maximum atomic E-state index is 14.3. The molecule has 1 aromatic heterocycles. The first-order valence-electron chi connectivity index (χ1n) is 13.9. The molecule has 0 aliphatic rings. The predicted octanol–water partition coefficient (Wildman–Crippen LogP) is 6.28. The van der Waals surface area contributed by atoms with Crippen molar-refractivity contribution in [3.05, 3.63) is 94.3 Å². The van der Waals surface area contributed by atoms with Gasteiger partial charge >= 0.3 is 0 Å². The van der Waals surface area contributed by atoms with E-state index in [1.54, 1.807) is 55.6 Å². The third-order valence-electron chi connectivity index (χ3n) is 6.79. The number of carbonyl (C=O) groups excluding carboxylic acids is 2. The summed E-state index contributed by atoms with van der Waals surface area (Å²) in [5.74, 6) is 0.881. The Balaban J connectivity index is 1.81. The Morgan fingerprint density at radius 3 is 1.98 bits per heavy atom. The van der Waals surface area contributed by atoms with Crippen molar-refractivity contribution in [3.8, 4) is 23.0 Å². The number of halogens is 1. The van der Waals surface area contributed by atoms with Gasteiger partial charge in [0.1, 0.15) is 11.8 Å². The molecule has 0 fully saturated rings. The lowest BCUT2D eigenvalue weighted by molar-refractivity contribution is -0.137. The van der Waals surface area contributed by atoms with Crippen LogP contribution in [0.1, 0.15) is 28.6 Å². The number of anilines is 1. The molecule has 2 amide bonds. The van der Waals surface area contributed by atoms with Gasteiger partial charge in [0.25, 0.3) is 5.91 Å². The van der Waals surface area contributed by atoms with Crippen molar-refractivity contribution < 1.29 is 28.5 Å². The largest absolute Gasteiger partial charge is 0.497 e. The van der Waals surface area contributed by atoms with E-state index in [1.165, 1.54) is 38.0 Å². The van der Waals surface area contributed by atoms with Crippen LogP contribution in [0.25, 0.3) is 0 Å². The van der Waals surface area contributed by atoms with Gasteiger partial charge in [0.05, 0.1) is 34.2 Å². The Hall–Kier alpha value is -4.48. The summed E-state index contributed by atoms with van der Waals surface area (Å²) in [5, 5.41) is 3.99. The van der Waals surface area contributed by atoms with E-state index in [1.807, 2.05) is 32.0 Å². The first kappa shape index (κ1) is 33.4. The summed E-state index contributed by atoms with van der Waals surface area (Å²) in [4.78, 5) is 38.9. The van der Waals surface area contributed by atoms with Crippen molar-refractivity contribution in [2.45, 2.75) is 31.6 Å². The van der Waals surface area contributed by atoms with Crippen molar-refractivity contribution in [1.29, 1.82) is 0 Å². The Morgan fingerprint density at radius 2 is 1.44 bits per heavy atom. The maximum Gasteiger partial charge on any atom is 0.251 e. The number of hydrogen-bond donors (Lipinski definition) is 1. The number of thioether (sulfide) groups is 1. The van der Waals surface area contributed by atoms with Gasteiger partial charge in [-0.3, -0.25) is 9.59 Å². The van der Waals surface area contributed by atoms with Gasteiger partial charge in [0.2, 0.25) is 11.7 Å². The van der Waals surface area contributed by atoms with E-state index in [0.717, 1.165) is 17.0 Å². The number of carbonyl (C=O) groups is 2. The van der Waals surface area contributed by atoms with E-state index < -0.39 is 11.9 Å². The van der Waals surface area contributed by atoms with Crippen LogP contribution in [0, 0.1) is 13.8 Å². The highest BCUT2D eigenvalue weighted by atomic mass is 35.5. The van der Waals surface area contributed by atoms with Crippen LogP contribution in [-0.4, -0.2) is 60.9 Å². The van der Waals surface area contributed by atoms with Gasteiger partial charge in [-0.05, 0) is 79.6 Å². The molecule has 4 rings (SSSR count). The second-order valence-corrected chi connectivity index (χ2v) is 11.3. The Labute approximate surface area is 272 Å². The fraction of sp³-hybridized carbons (Fsp3) is 0.273. The second kappa shape index (κ2) is 15.5. The van der Waals surface area contributed by atoms with Crippen molar-refractivity contribution in [3.63, 3.8) is 0 Å². The number of aromatic nitrogens is 2. The van der Waals surface area contributed by atoms with E-state index in [0.29, 0.717) is 44.4 Å². The molecule has 1 heterocycles. The number of nitrogens with zero attached hydrogens (tertiary/aromatic N) is 3. The molecule has 0 spiro atoms. The topological polar surface area (TPSA) is 112 Å². The minimum absolute atomic E-state index is 0.0206. The minimum atomic E-state index is -1.12. The Kier molecular flexibility index (Phi) is 11.5. The predicted molar refractivity (Wildman–Crippen MR) is 175 cm³/mol. The van der Waals surface area contributed by atoms with Crippen LogP contribution in [0.3, 0.4) is 0 Å². The molecule has 236 valence electrons. The number of benzene rings is 3. The van der Waals surface area contributed by atoms with Crippen LogP contribution in [0.5, 0.6) is 23.0 Å². The number of aryl methyl sites for hydroxylation is 2. The zero-order valence-corrected chi connectivity index (χ0v) is 27.5. The molecule has 1 N–H and O–H groups in total. The second-order valence-electron chi connectivity index (χ2n) is 9.95. The average Bonchev–Trinajstić information content (AvgIpc) is 3.03. The first-order valence-corrected chi connectivity index (χ1v) is 15.3. The molecule has 0 unspecified atom stereocenters. The number of methoxy groups -OCH3 is 4. The van der Waals surface area contributed by atoms with Crippen LogP contribution in [0.2, 0.25) is 5.02 Å². The summed E-state index contributed by atoms with van der Waals surface area (Å²) >= 11 is 7.36. The highest BCUT2D eigenvalue weighted by molar-refractivity contribution is 7.99. The summed E-state index contributed by atoms with van der Waals surface area (Å²) in [7, 11) is 6.04. The molecule has 45 heavy (non-hydrogen) atoms. The van der Waals surface area contributed by atoms with Crippen molar-refractivity contribution in [1.82, 2.24) is 14.9 Å². The van der Waals surface area contributed by atoms with Crippen LogP contribution < -0.4 is 24.3 Å². The quantitative estimate of drug-likeness (QED) is 0.132. The molecule has 4 aromatic rings. The van der Waals surface area contributed by atoms with E-state index in [9.17, 15) is 9.59 Å². The van der Waals surface area contributed by atoms with Gasteiger partial charge in [0.15, 0.2) is 16.7 Å². The molecule has 0 saturated heterocycles. The van der Waals surface area contributed by atoms with Gasteiger partial charge in [-0.25, -0.2) is 9.97 Å². The molecule has 10 nitrogen and oxygen atoms in total. The van der Waals surface area contributed by atoms with Gasteiger partial charge in [-0.1, -0.05) is 35.5 Å². The monoisotopic (exact) mass is 650 g/mol. The normalized spacial score (nSPS) is 11.4. The first-order chi connectivity index (χ1) is 21.6.